The molecule has 0 aliphatic rings. The normalized spacial score (nSPS) is 15.3. The van der Waals surface area contributed by atoms with Gasteiger partial charge in [0, 0.05) is 0 Å². The van der Waals surface area contributed by atoms with Crippen molar-refractivity contribution in [3.63, 3.8) is 0 Å². The fraction of sp³-hybridized carbons (Fsp3) is 0.824. The minimum atomic E-state index is -0.779. The maximum absolute atomic E-state index is 11.5. The second-order valence-electron chi connectivity index (χ2n) is 6.00. The number of allylic oxidation sites excluding steroid dienone is 1. The van der Waals surface area contributed by atoms with Gasteiger partial charge in [0.1, 0.15) is 12.6 Å². The number of hydrogen-bond donors (Lipinski definition) is 2. The highest BCUT2D eigenvalue weighted by molar-refractivity contribution is 5.71. The van der Waals surface area contributed by atoms with Crippen LogP contribution in [0.2, 0.25) is 0 Å². The number of aliphatic carboxylic acids is 1. The van der Waals surface area contributed by atoms with Crippen molar-refractivity contribution in [3.05, 3.63) is 12.2 Å². The molecule has 0 saturated carbocycles. The largest absolute Gasteiger partial charge is 0.477 e. The van der Waals surface area contributed by atoms with Gasteiger partial charge in [0.05, 0.1) is 13.1 Å². The Balaban J connectivity index is 4.93. The first-order valence-corrected chi connectivity index (χ1v) is 8.36. The third-order valence-electron chi connectivity index (χ3n) is 4.15. The molecule has 0 rings (SSSR count). The Kier molecular flexibility index (Phi) is 10.4. The van der Waals surface area contributed by atoms with Gasteiger partial charge in [-0.1, -0.05) is 45.8 Å². The molecule has 0 heterocycles. The molecule has 2 atom stereocenters. The van der Waals surface area contributed by atoms with Crippen molar-refractivity contribution in [2.24, 2.45) is 0 Å². The monoisotopic (exact) mass is 300 g/mol. The van der Waals surface area contributed by atoms with Gasteiger partial charge in [0.15, 0.2) is 6.04 Å². The number of aliphatic hydroxyl groups is 1. The van der Waals surface area contributed by atoms with E-state index in [9.17, 15) is 15.0 Å². The van der Waals surface area contributed by atoms with Gasteiger partial charge >= 0.3 is 5.97 Å². The Morgan fingerprint density at radius 3 is 2.14 bits per heavy atom. The summed E-state index contributed by atoms with van der Waals surface area (Å²) in [5.41, 5.74) is 0. The molecular weight excluding hydrogens is 266 g/mol. The number of quaternary nitrogens is 1. The summed E-state index contributed by atoms with van der Waals surface area (Å²) in [4.78, 5) is 11.5. The molecule has 0 amide bonds. The van der Waals surface area contributed by atoms with Crippen molar-refractivity contribution in [2.45, 2.75) is 71.9 Å². The zero-order chi connectivity index (χ0) is 16.3. The molecule has 0 aliphatic carbocycles. The minimum absolute atomic E-state index is 0.460. The van der Waals surface area contributed by atoms with E-state index < -0.39 is 18.1 Å². The Hall–Kier alpha value is -0.870. The molecule has 2 unspecified atom stereocenters. The third-order valence-corrected chi connectivity index (χ3v) is 4.15. The summed E-state index contributed by atoms with van der Waals surface area (Å²) in [6, 6.07) is -0.483. The second-order valence-corrected chi connectivity index (χ2v) is 6.00. The SMILES string of the molecule is CCCC/C=C/C(O)C[N+](CCC)(CCC)C(C)C(=O)O. The Morgan fingerprint density at radius 1 is 1.14 bits per heavy atom. The van der Waals surface area contributed by atoms with Crippen LogP contribution in [0.4, 0.5) is 0 Å². The summed E-state index contributed by atoms with van der Waals surface area (Å²) < 4.78 is 0.460. The highest BCUT2D eigenvalue weighted by Crippen LogP contribution is 2.18. The minimum Gasteiger partial charge on any atom is -0.477 e. The van der Waals surface area contributed by atoms with Crippen LogP contribution in [0.3, 0.4) is 0 Å². The molecule has 124 valence electrons. The van der Waals surface area contributed by atoms with E-state index in [1.54, 1.807) is 6.92 Å². The zero-order valence-corrected chi connectivity index (χ0v) is 14.2. The molecule has 4 heteroatoms. The number of rotatable bonds is 12. The van der Waals surface area contributed by atoms with Crippen LogP contribution in [0.5, 0.6) is 0 Å². The van der Waals surface area contributed by atoms with Gasteiger partial charge in [-0.2, -0.15) is 0 Å². The predicted octanol–water partition coefficient (Wildman–Crippen LogP) is 3.20. The van der Waals surface area contributed by atoms with Crippen LogP contribution >= 0.6 is 0 Å². The van der Waals surface area contributed by atoms with Crippen LogP contribution < -0.4 is 0 Å². The second kappa shape index (κ2) is 10.8. The highest BCUT2D eigenvalue weighted by Gasteiger charge is 2.38. The summed E-state index contributed by atoms with van der Waals surface area (Å²) >= 11 is 0. The van der Waals surface area contributed by atoms with Crippen LogP contribution in [0.1, 0.15) is 59.8 Å². The lowest BCUT2D eigenvalue weighted by molar-refractivity contribution is -0.943. The van der Waals surface area contributed by atoms with Crippen molar-refractivity contribution in [2.75, 3.05) is 19.6 Å². The summed E-state index contributed by atoms with van der Waals surface area (Å²) in [7, 11) is 0. The molecular formula is C17H34NO3+. The Labute approximate surface area is 130 Å². The van der Waals surface area contributed by atoms with E-state index >= 15 is 0 Å². The first-order valence-electron chi connectivity index (χ1n) is 8.36. The standard InChI is InChI=1S/C17H33NO3/c1-5-8-9-10-11-16(19)14-18(12-6-2,13-7-3)15(4)17(20)21/h10-11,15-16,19H,5-9,12-14H2,1-4H3/p+1/b11-10+. The smallest absolute Gasteiger partial charge is 0.362 e. The molecule has 0 radical (unpaired) electrons. The number of nitrogens with zero attached hydrogens (tertiary/aromatic N) is 1. The number of hydrogen-bond acceptors (Lipinski definition) is 2. The topological polar surface area (TPSA) is 57.5 Å². The van der Waals surface area contributed by atoms with Crippen molar-refractivity contribution >= 4 is 5.97 Å². The van der Waals surface area contributed by atoms with E-state index in [-0.39, 0.29) is 0 Å². The maximum Gasteiger partial charge on any atom is 0.362 e. The summed E-state index contributed by atoms with van der Waals surface area (Å²) in [5.74, 6) is -0.779. The van der Waals surface area contributed by atoms with E-state index in [1.807, 2.05) is 12.2 Å². The molecule has 0 aromatic rings. The van der Waals surface area contributed by atoms with Gasteiger partial charge in [0.25, 0.3) is 0 Å². The van der Waals surface area contributed by atoms with Crippen molar-refractivity contribution < 1.29 is 19.5 Å². The van der Waals surface area contributed by atoms with Crippen LogP contribution in [-0.2, 0) is 4.79 Å². The molecule has 2 N–H and O–H groups in total. The summed E-state index contributed by atoms with van der Waals surface area (Å²) in [6.07, 6.45) is 8.37. The molecule has 0 spiro atoms. The van der Waals surface area contributed by atoms with Gasteiger partial charge in [-0.05, 0) is 26.2 Å². The number of carboxylic acid groups (broad SMARTS) is 1. The van der Waals surface area contributed by atoms with Gasteiger partial charge in [-0.3, -0.25) is 0 Å². The van der Waals surface area contributed by atoms with Crippen molar-refractivity contribution in [3.8, 4) is 0 Å². The first kappa shape index (κ1) is 20.1. The quantitative estimate of drug-likeness (QED) is 0.330. The molecule has 21 heavy (non-hydrogen) atoms. The van der Waals surface area contributed by atoms with Gasteiger partial charge < -0.3 is 14.7 Å². The summed E-state index contributed by atoms with van der Waals surface area (Å²) in [6.45, 7) is 10.1. The highest BCUT2D eigenvalue weighted by atomic mass is 16.4. The molecule has 0 aliphatic heterocycles. The predicted molar refractivity (Wildman–Crippen MR) is 87.2 cm³/mol. The van der Waals surface area contributed by atoms with Crippen molar-refractivity contribution in [1.82, 2.24) is 0 Å². The average molecular weight is 300 g/mol. The van der Waals surface area contributed by atoms with Crippen LogP contribution in [0.15, 0.2) is 12.2 Å². The molecule has 0 aromatic carbocycles. The fourth-order valence-electron chi connectivity index (χ4n) is 2.97. The molecule has 0 fully saturated rings. The molecule has 0 bridgehead atoms. The van der Waals surface area contributed by atoms with E-state index in [0.29, 0.717) is 11.0 Å². The Bertz CT molecular complexity index is 309. The lowest BCUT2D eigenvalue weighted by Gasteiger charge is -2.42. The maximum atomic E-state index is 11.5. The fourth-order valence-corrected chi connectivity index (χ4v) is 2.97. The molecule has 4 nitrogen and oxygen atoms in total. The zero-order valence-electron chi connectivity index (χ0n) is 14.2. The van der Waals surface area contributed by atoms with Crippen LogP contribution in [0, 0.1) is 0 Å². The number of carboxylic acids is 1. The van der Waals surface area contributed by atoms with Gasteiger partial charge in [0.2, 0.25) is 0 Å². The van der Waals surface area contributed by atoms with E-state index in [2.05, 4.69) is 20.8 Å². The van der Waals surface area contributed by atoms with Gasteiger partial charge in [-0.25, -0.2) is 4.79 Å². The average Bonchev–Trinajstić information content (AvgIpc) is 2.43. The van der Waals surface area contributed by atoms with Crippen LogP contribution in [0.25, 0.3) is 0 Å². The number of unbranched alkanes of at least 4 members (excludes halogenated alkanes) is 2. The van der Waals surface area contributed by atoms with Gasteiger partial charge in [-0.15, -0.1) is 0 Å². The van der Waals surface area contributed by atoms with E-state index in [1.165, 1.54) is 0 Å². The first-order chi connectivity index (χ1) is 9.93. The molecule has 0 saturated heterocycles. The van der Waals surface area contributed by atoms with Crippen molar-refractivity contribution in [1.29, 1.82) is 0 Å². The van der Waals surface area contributed by atoms with E-state index in [0.717, 1.165) is 45.2 Å². The van der Waals surface area contributed by atoms with Crippen LogP contribution in [-0.4, -0.2) is 52.4 Å². The third kappa shape index (κ3) is 7.09. The summed E-state index contributed by atoms with van der Waals surface area (Å²) in [5, 5.41) is 19.7. The number of aliphatic hydroxyl groups excluding tert-OH is 1. The Morgan fingerprint density at radius 2 is 1.71 bits per heavy atom. The van der Waals surface area contributed by atoms with E-state index in [4.69, 9.17) is 0 Å². The lowest BCUT2D eigenvalue weighted by atomic mass is 10.1. The number of carbonyl (C=O) groups is 1. The molecule has 0 aromatic heterocycles. The lowest BCUT2D eigenvalue weighted by Crippen LogP contribution is -2.60.